The third-order valence-electron chi connectivity index (χ3n) is 2.85. The van der Waals surface area contributed by atoms with E-state index in [0.717, 1.165) is 0 Å². The predicted octanol–water partition coefficient (Wildman–Crippen LogP) is 2.72. The van der Waals surface area contributed by atoms with Crippen LogP contribution in [0.25, 0.3) is 5.57 Å². The number of halogens is 1. The molecule has 0 fully saturated rings. The summed E-state index contributed by atoms with van der Waals surface area (Å²) in [5, 5.41) is 9.64. The van der Waals surface area contributed by atoms with E-state index >= 15 is 0 Å². The summed E-state index contributed by atoms with van der Waals surface area (Å²) in [5.74, 6) is -1.21. The average Bonchev–Trinajstić information content (AvgIpc) is 2.44. The molecule has 0 aliphatic heterocycles. The number of anilines is 1. The minimum absolute atomic E-state index is 0.273. The maximum Gasteiger partial charge on any atom is 0.352 e. The predicted molar refractivity (Wildman–Crippen MR) is 80.2 cm³/mol. The van der Waals surface area contributed by atoms with Crippen molar-refractivity contribution in [1.82, 2.24) is 0 Å². The Morgan fingerprint density at radius 3 is 2.35 bits per heavy atom. The first-order valence-electron chi connectivity index (χ1n) is 5.84. The highest BCUT2D eigenvalue weighted by Crippen LogP contribution is 2.31. The lowest BCUT2D eigenvalue weighted by atomic mass is 9.94. The van der Waals surface area contributed by atoms with Crippen molar-refractivity contribution in [3.05, 3.63) is 70.4 Å². The smallest absolute Gasteiger partial charge is 0.352 e. The molecule has 5 N–H and O–H groups in total. The van der Waals surface area contributed by atoms with Gasteiger partial charge in [0.15, 0.2) is 0 Å². The molecule has 2 aromatic carbocycles. The lowest BCUT2D eigenvalue weighted by molar-refractivity contribution is -0.132. The molecule has 0 spiro atoms. The summed E-state index contributed by atoms with van der Waals surface area (Å²) in [5.41, 5.74) is 13.3. The van der Waals surface area contributed by atoms with E-state index in [-0.39, 0.29) is 5.70 Å². The van der Waals surface area contributed by atoms with E-state index in [1.54, 1.807) is 42.5 Å². The third-order valence-corrected chi connectivity index (χ3v) is 3.08. The minimum atomic E-state index is -1.21. The van der Waals surface area contributed by atoms with Crippen LogP contribution in [0.2, 0.25) is 5.02 Å². The minimum Gasteiger partial charge on any atom is -0.477 e. The summed E-state index contributed by atoms with van der Waals surface area (Å²) in [4.78, 5) is 11.2. The van der Waals surface area contributed by atoms with Crippen LogP contribution in [-0.4, -0.2) is 11.1 Å². The van der Waals surface area contributed by atoms with Crippen molar-refractivity contribution in [3.63, 3.8) is 0 Å². The summed E-state index contributed by atoms with van der Waals surface area (Å²) >= 11 is 5.97. The normalized spacial score (nSPS) is 11.8. The summed E-state index contributed by atoms with van der Waals surface area (Å²) in [6, 6.07) is 13.8. The Labute approximate surface area is 121 Å². The van der Waals surface area contributed by atoms with E-state index < -0.39 is 5.97 Å². The molecule has 0 radical (unpaired) electrons. The molecular formula is C15H13ClN2O2. The van der Waals surface area contributed by atoms with E-state index in [2.05, 4.69) is 0 Å². The SMILES string of the molecule is N/C(C(=O)O)=C(\c1ccccc1)c1cc(Cl)ccc1N. The Hall–Kier alpha value is -2.46. The van der Waals surface area contributed by atoms with Crippen molar-refractivity contribution < 1.29 is 9.90 Å². The first kappa shape index (κ1) is 14.0. The second-order valence-corrected chi connectivity index (χ2v) is 4.63. The molecule has 0 saturated heterocycles. The van der Waals surface area contributed by atoms with Crippen LogP contribution in [0.15, 0.2) is 54.2 Å². The quantitative estimate of drug-likeness (QED) is 0.598. The van der Waals surface area contributed by atoms with E-state index in [0.29, 0.717) is 27.4 Å². The molecule has 2 aromatic rings. The molecule has 0 aromatic heterocycles. The van der Waals surface area contributed by atoms with Crippen LogP contribution < -0.4 is 11.5 Å². The monoisotopic (exact) mass is 288 g/mol. The number of carboxylic acids is 1. The van der Waals surface area contributed by atoms with Crippen LogP contribution in [0, 0.1) is 0 Å². The Kier molecular flexibility index (Phi) is 3.96. The maximum absolute atomic E-state index is 11.2. The molecule has 4 nitrogen and oxygen atoms in total. The summed E-state index contributed by atoms with van der Waals surface area (Å²) in [7, 11) is 0. The van der Waals surface area contributed by atoms with Gasteiger partial charge in [0.2, 0.25) is 0 Å². The molecule has 0 aliphatic carbocycles. The molecule has 0 bridgehead atoms. The molecule has 0 saturated carbocycles. The zero-order valence-electron chi connectivity index (χ0n) is 10.5. The van der Waals surface area contributed by atoms with E-state index in [4.69, 9.17) is 23.1 Å². The molecule has 2 rings (SSSR count). The van der Waals surface area contributed by atoms with Crippen molar-refractivity contribution in [1.29, 1.82) is 0 Å². The molecule has 5 heteroatoms. The number of hydrogen-bond acceptors (Lipinski definition) is 3. The Morgan fingerprint density at radius 1 is 1.10 bits per heavy atom. The molecule has 102 valence electrons. The number of carbonyl (C=O) groups is 1. The van der Waals surface area contributed by atoms with Crippen molar-refractivity contribution in [2.45, 2.75) is 0 Å². The number of hydrogen-bond donors (Lipinski definition) is 3. The molecular weight excluding hydrogens is 276 g/mol. The van der Waals surface area contributed by atoms with E-state index in [1.807, 2.05) is 6.07 Å². The van der Waals surface area contributed by atoms with Gasteiger partial charge in [-0.25, -0.2) is 4.79 Å². The zero-order valence-corrected chi connectivity index (χ0v) is 11.3. The van der Waals surface area contributed by atoms with Gasteiger partial charge in [-0.2, -0.15) is 0 Å². The summed E-state index contributed by atoms with van der Waals surface area (Å²) < 4.78 is 0. The van der Waals surface area contributed by atoms with Gasteiger partial charge in [0.1, 0.15) is 5.70 Å². The average molecular weight is 289 g/mol. The highest BCUT2D eigenvalue weighted by Gasteiger charge is 2.17. The van der Waals surface area contributed by atoms with Gasteiger partial charge < -0.3 is 16.6 Å². The van der Waals surface area contributed by atoms with Gasteiger partial charge in [-0.15, -0.1) is 0 Å². The van der Waals surface area contributed by atoms with Gasteiger partial charge in [-0.1, -0.05) is 41.9 Å². The Morgan fingerprint density at radius 2 is 1.75 bits per heavy atom. The molecule has 0 amide bonds. The number of carboxylic acid groups (broad SMARTS) is 1. The van der Waals surface area contributed by atoms with Crippen molar-refractivity contribution >= 4 is 28.8 Å². The molecule has 20 heavy (non-hydrogen) atoms. The first-order valence-corrected chi connectivity index (χ1v) is 6.22. The lowest BCUT2D eigenvalue weighted by Crippen LogP contribution is -2.14. The van der Waals surface area contributed by atoms with Crippen LogP contribution in [0.4, 0.5) is 5.69 Å². The molecule has 0 aliphatic rings. The standard InChI is InChI=1S/C15H13ClN2O2/c16-10-6-7-12(17)11(8-10)13(14(18)15(19)20)9-4-2-1-3-5-9/h1-8H,17-18H2,(H,19,20)/b14-13+. The van der Waals surface area contributed by atoms with Crippen molar-refractivity contribution in [3.8, 4) is 0 Å². The van der Waals surface area contributed by atoms with Gasteiger partial charge in [0, 0.05) is 21.8 Å². The third kappa shape index (κ3) is 2.75. The topological polar surface area (TPSA) is 89.3 Å². The number of nitrogens with two attached hydrogens (primary N) is 2. The number of benzene rings is 2. The summed E-state index contributed by atoms with van der Waals surface area (Å²) in [6.07, 6.45) is 0. The number of rotatable bonds is 3. The second-order valence-electron chi connectivity index (χ2n) is 4.19. The van der Waals surface area contributed by atoms with Gasteiger partial charge in [0.25, 0.3) is 0 Å². The maximum atomic E-state index is 11.2. The molecule has 0 atom stereocenters. The Bertz CT molecular complexity index is 682. The summed E-state index contributed by atoms with van der Waals surface area (Å²) in [6.45, 7) is 0. The fourth-order valence-electron chi connectivity index (χ4n) is 1.91. The molecule has 0 heterocycles. The van der Waals surface area contributed by atoms with Gasteiger partial charge in [-0.3, -0.25) is 0 Å². The van der Waals surface area contributed by atoms with Crippen molar-refractivity contribution in [2.24, 2.45) is 5.73 Å². The van der Waals surface area contributed by atoms with Crippen LogP contribution in [0.3, 0.4) is 0 Å². The van der Waals surface area contributed by atoms with Crippen LogP contribution in [0.1, 0.15) is 11.1 Å². The van der Waals surface area contributed by atoms with Crippen LogP contribution in [0.5, 0.6) is 0 Å². The fraction of sp³-hybridized carbons (Fsp3) is 0. The Balaban J connectivity index is 2.75. The highest BCUT2D eigenvalue weighted by atomic mass is 35.5. The van der Waals surface area contributed by atoms with Crippen LogP contribution in [-0.2, 0) is 4.79 Å². The van der Waals surface area contributed by atoms with E-state index in [9.17, 15) is 9.90 Å². The van der Waals surface area contributed by atoms with Gasteiger partial charge >= 0.3 is 5.97 Å². The van der Waals surface area contributed by atoms with Gasteiger partial charge in [-0.05, 0) is 23.8 Å². The number of nitrogen functional groups attached to an aromatic ring is 1. The largest absolute Gasteiger partial charge is 0.477 e. The van der Waals surface area contributed by atoms with Crippen molar-refractivity contribution in [2.75, 3.05) is 5.73 Å². The fourth-order valence-corrected chi connectivity index (χ4v) is 2.08. The first-order chi connectivity index (χ1) is 9.50. The van der Waals surface area contributed by atoms with Gasteiger partial charge in [0.05, 0.1) is 0 Å². The molecule has 0 unspecified atom stereocenters. The second kappa shape index (κ2) is 5.67. The lowest BCUT2D eigenvalue weighted by Gasteiger charge is -2.13. The zero-order chi connectivity index (χ0) is 14.7. The number of aliphatic carboxylic acids is 1. The van der Waals surface area contributed by atoms with E-state index in [1.165, 1.54) is 0 Å². The van der Waals surface area contributed by atoms with Crippen LogP contribution >= 0.6 is 11.6 Å². The highest BCUT2D eigenvalue weighted by molar-refractivity contribution is 6.31.